The summed E-state index contributed by atoms with van der Waals surface area (Å²) < 4.78 is 8.70. The van der Waals surface area contributed by atoms with Crippen LogP contribution in [0.2, 0.25) is 0 Å². The number of fused-ring (bicyclic) bond motifs is 1. The SMILES string of the molecule is COC1(Cn2c(=S)[nH]c3cccc(C)c32)CCC1. The minimum atomic E-state index is -0.00433. The van der Waals surface area contributed by atoms with E-state index >= 15 is 0 Å². The van der Waals surface area contributed by atoms with Crippen molar-refractivity contribution in [2.75, 3.05) is 7.11 Å². The molecule has 96 valence electrons. The molecule has 1 N–H and O–H groups in total. The standard InChI is InChI=1S/C14H18N2OS/c1-10-5-3-6-11-12(10)16(13(18)15-11)9-14(17-2)7-4-8-14/h3,5-6H,4,7-9H2,1-2H3,(H,15,18). The summed E-state index contributed by atoms with van der Waals surface area (Å²) in [4.78, 5) is 3.28. The fourth-order valence-electron chi connectivity index (χ4n) is 2.84. The first-order chi connectivity index (χ1) is 8.65. The largest absolute Gasteiger partial charge is 0.376 e. The number of aromatic amines is 1. The molecule has 1 saturated carbocycles. The Balaban J connectivity index is 2.11. The number of H-pyrrole nitrogens is 1. The third-order valence-electron chi connectivity index (χ3n) is 4.14. The van der Waals surface area contributed by atoms with Gasteiger partial charge in [-0.05, 0) is 50.0 Å². The molecule has 0 amide bonds. The molecule has 1 heterocycles. The molecule has 0 aliphatic heterocycles. The first-order valence-corrected chi connectivity index (χ1v) is 6.79. The van der Waals surface area contributed by atoms with Gasteiger partial charge in [0.15, 0.2) is 4.77 Å². The molecule has 1 aromatic carbocycles. The van der Waals surface area contributed by atoms with Crippen LogP contribution in [0.3, 0.4) is 0 Å². The zero-order valence-corrected chi connectivity index (χ0v) is 11.6. The molecule has 0 unspecified atom stereocenters. The Morgan fingerprint density at radius 1 is 1.44 bits per heavy atom. The Kier molecular flexibility index (Phi) is 2.79. The van der Waals surface area contributed by atoms with Gasteiger partial charge in [-0.1, -0.05) is 12.1 Å². The number of nitrogens with one attached hydrogen (secondary N) is 1. The number of benzene rings is 1. The molecule has 0 atom stereocenters. The Bertz CT molecular complexity index is 631. The lowest BCUT2D eigenvalue weighted by Crippen LogP contribution is -2.43. The number of hydrogen-bond donors (Lipinski definition) is 1. The number of rotatable bonds is 3. The Labute approximate surface area is 112 Å². The lowest BCUT2D eigenvalue weighted by Gasteiger charge is -2.40. The number of aryl methyl sites for hydroxylation is 1. The van der Waals surface area contributed by atoms with Gasteiger partial charge in [0.25, 0.3) is 0 Å². The first kappa shape index (κ1) is 11.9. The average Bonchev–Trinajstić information content (AvgIpc) is 2.61. The first-order valence-electron chi connectivity index (χ1n) is 6.38. The van der Waals surface area contributed by atoms with Crippen LogP contribution in [-0.4, -0.2) is 22.3 Å². The van der Waals surface area contributed by atoms with Crippen LogP contribution in [0.15, 0.2) is 18.2 Å². The second kappa shape index (κ2) is 4.21. The number of nitrogens with zero attached hydrogens (tertiary/aromatic N) is 1. The van der Waals surface area contributed by atoms with E-state index in [-0.39, 0.29) is 5.60 Å². The summed E-state index contributed by atoms with van der Waals surface area (Å²) in [5.74, 6) is 0. The van der Waals surface area contributed by atoms with Gasteiger partial charge in [0.2, 0.25) is 0 Å². The van der Waals surface area contributed by atoms with E-state index in [9.17, 15) is 0 Å². The van der Waals surface area contributed by atoms with E-state index < -0.39 is 0 Å². The van der Waals surface area contributed by atoms with Gasteiger partial charge < -0.3 is 14.3 Å². The highest BCUT2D eigenvalue weighted by molar-refractivity contribution is 7.71. The van der Waals surface area contributed by atoms with E-state index in [1.165, 1.54) is 17.5 Å². The van der Waals surface area contributed by atoms with Crippen molar-refractivity contribution < 1.29 is 4.74 Å². The molecular formula is C14H18N2OS. The minimum Gasteiger partial charge on any atom is -0.376 e. The fourth-order valence-corrected chi connectivity index (χ4v) is 3.11. The molecule has 3 nitrogen and oxygen atoms in total. The van der Waals surface area contributed by atoms with Gasteiger partial charge in [-0.25, -0.2) is 0 Å². The van der Waals surface area contributed by atoms with Gasteiger partial charge in [-0.3, -0.25) is 0 Å². The van der Waals surface area contributed by atoms with Gasteiger partial charge in [0.05, 0.1) is 23.2 Å². The molecule has 4 heteroatoms. The zero-order valence-electron chi connectivity index (χ0n) is 10.8. The van der Waals surface area contributed by atoms with Crippen molar-refractivity contribution in [3.05, 3.63) is 28.5 Å². The molecule has 18 heavy (non-hydrogen) atoms. The smallest absolute Gasteiger partial charge is 0.178 e. The maximum atomic E-state index is 5.71. The van der Waals surface area contributed by atoms with Gasteiger partial charge in [0, 0.05) is 7.11 Å². The monoisotopic (exact) mass is 262 g/mol. The predicted octanol–water partition coefficient (Wildman–Crippen LogP) is 3.58. The second-order valence-electron chi connectivity index (χ2n) is 5.23. The molecule has 0 bridgehead atoms. The van der Waals surface area contributed by atoms with Gasteiger partial charge >= 0.3 is 0 Å². The highest BCUT2D eigenvalue weighted by atomic mass is 32.1. The lowest BCUT2D eigenvalue weighted by molar-refractivity contribution is -0.0830. The number of hydrogen-bond acceptors (Lipinski definition) is 2. The van der Waals surface area contributed by atoms with Crippen molar-refractivity contribution in [2.24, 2.45) is 0 Å². The minimum absolute atomic E-state index is 0.00433. The molecular weight excluding hydrogens is 244 g/mol. The van der Waals surface area contributed by atoms with Gasteiger partial charge in [-0.2, -0.15) is 0 Å². The molecule has 1 aromatic heterocycles. The molecule has 0 saturated heterocycles. The highest BCUT2D eigenvalue weighted by Gasteiger charge is 2.37. The van der Waals surface area contributed by atoms with Crippen LogP contribution in [0.5, 0.6) is 0 Å². The Hall–Kier alpha value is -1.13. The summed E-state index contributed by atoms with van der Waals surface area (Å²) in [6.45, 7) is 2.98. The van der Waals surface area contributed by atoms with Crippen molar-refractivity contribution in [3.63, 3.8) is 0 Å². The van der Waals surface area contributed by atoms with E-state index in [0.717, 1.165) is 29.7 Å². The Morgan fingerprint density at radius 2 is 2.22 bits per heavy atom. The molecule has 3 rings (SSSR count). The van der Waals surface area contributed by atoms with Gasteiger partial charge in [0.1, 0.15) is 0 Å². The van der Waals surface area contributed by atoms with E-state index in [0.29, 0.717) is 0 Å². The van der Waals surface area contributed by atoms with Crippen LogP contribution < -0.4 is 0 Å². The van der Waals surface area contributed by atoms with Crippen molar-refractivity contribution in [3.8, 4) is 0 Å². The highest BCUT2D eigenvalue weighted by Crippen LogP contribution is 2.37. The topological polar surface area (TPSA) is 29.9 Å². The van der Waals surface area contributed by atoms with Crippen molar-refractivity contribution in [2.45, 2.75) is 38.3 Å². The van der Waals surface area contributed by atoms with Crippen molar-refractivity contribution in [1.82, 2.24) is 9.55 Å². The van der Waals surface area contributed by atoms with Crippen LogP contribution >= 0.6 is 12.2 Å². The molecule has 1 fully saturated rings. The third kappa shape index (κ3) is 1.71. The quantitative estimate of drug-likeness (QED) is 0.857. The van der Waals surface area contributed by atoms with E-state index in [2.05, 4.69) is 34.7 Å². The fraction of sp³-hybridized carbons (Fsp3) is 0.500. The molecule has 2 aromatic rings. The van der Waals surface area contributed by atoms with Crippen LogP contribution in [0.1, 0.15) is 24.8 Å². The summed E-state index contributed by atoms with van der Waals surface area (Å²) in [5.41, 5.74) is 3.58. The third-order valence-corrected chi connectivity index (χ3v) is 4.46. The number of aromatic nitrogens is 2. The van der Waals surface area contributed by atoms with Crippen molar-refractivity contribution in [1.29, 1.82) is 0 Å². The molecule has 0 radical (unpaired) electrons. The number of methoxy groups -OCH3 is 1. The van der Waals surface area contributed by atoms with Crippen LogP contribution in [0.4, 0.5) is 0 Å². The molecule has 0 spiro atoms. The average molecular weight is 262 g/mol. The normalized spacial score (nSPS) is 17.9. The summed E-state index contributed by atoms with van der Waals surface area (Å²) in [6, 6.07) is 6.26. The number of imidazole rings is 1. The number of ether oxygens (including phenoxy) is 1. The van der Waals surface area contributed by atoms with E-state index in [1.54, 1.807) is 0 Å². The lowest BCUT2D eigenvalue weighted by atomic mass is 9.80. The van der Waals surface area contributed by atoms with Gasteiger partial charge in [-0.15, -0.1) is 0 Å². The van der Waals surface area contributed by atoms with Crippen molar-refractivity contribution >= 4 is 23.3 Å². The van der Waals surface area contributed by atoms with E-state index in [1.807, 2.05) is 7.11 Å². The number of para-hydroxylation sites is 1. The second-order valence-corrected chi connectivity index (χ2v) is 5.61. The maximum absolute atomic E-state index is 5.71. The summed E-state index contributed by atoms with van der Waals surface area (Å²) >= 11 is 5.45. The summed E-state index contributed by atoms with van der Waals surface area (Å²) in [5, 5.41) is 0. The predicted molar refractivity (Wildman–Crippen MR) is 75.5 cm³/mol. The zero-order chi connectivity index (χ0) is 12.8. The van der Waals surface area contributed by atoms with Crippen LogP contribution in [-0.2, 0) is 11.3 Å². The summed E-state index contributed by atoms with van der Waals surface area (Å²) in [7, 11) is 1.81. The van der Waals surface area contributed by atoms with Crippen LogP contribution in [0, 0.1) is 11.7 Å². The Morgan fingerprint density at radius 3 is 2.83 bits per heavy atom. The molecule has 1 aliphatic rings. The van der Waals surface area contributed by atoms with E-state index in [4.69, 9.17) is 17.0 Å². The van der Waals surface area contributed by atoms with Crippen LogP contribution in [0.25, 0.3) is 11.0 Å². The molecule has 1 aliphatic carbocycles. The maximum Gasteiger partial charge on any atom is 0.178 e. The summed E-state index contributed by atoms with van der Waals surface area (Å²) in [6.07, 6.45) is 3.51.